The van der Waals surface area contributed by atoms with Gasteiger partial charge in [-0.3, -0.25) is 0 Å². The number of nitrogens with zero attached hydrogens (tertiary/aromatic N) is 2. The summed E-state index contributed by atoms with van der Waals surface area (Å²) in [6.07, 6.45) is 9.40. The molecule has 3 nitrogen and oxygen atoms in total. The lowest BCUT2D eigenvalue weighted by atomic mass is 10.0. The van der Waals surface area contributed by atoms with E-state index in [9.17, 15) is 0 Å². The Morgan fingerprint density at radius 3 is 2.85 bits per heavy atom. The molecule has 1 unspecified atom stereocenters. The summed E-state index contributed by atoms with van der Waals surface area (Å²) in [5, 5.41) is 8.01. The van der Waals surface area contributed by atoms with Crippen LogP contribution in [-0.2, 0) is 0 Å². The first-order chi connectivity index (χ1) is 9.85. The van der Waals surface area contributed by atoms with Gasteiger partial charge in [-0.25, -0.2) is 4.68 Å². The third-order valence-corrected chi connectivity index (χ3v) is 3.38. The van der Waals surface area contributed by atoms with Crippen LogP contribution in [0.1, 0.15) is 37.8 Å². The Bertz CT molecular complexity index is 516. The van der Waals surface area contributed by atoms with Crippen molar-refractivity contribution in [2.75, 3.05) is 6.54 Å². The Labute approximate surface area is 121 Å². The molecule has 0 saturated carbocycles. The minimum Gasteiger partial charge on any atom is -0.310 e. The fraction of sp³-hybridized carbons (Fsp3) is 0.353. The molecule has 0 fully saturated rings. The van der Waals surface area contributed by atoms with Crippen molar-refractivity contribution in [3.63, 3.8) is 0 Å². The van der Waals surface area contributed by atoms with Crippen LogP contribution < -0.4 is 5.32 Å². The molecule has 1 aromatic carbocycles. The van der Waals surface area contributed by atoms with Gasteiger partial charge in [-0.2, -0.15) is 5.10 Å². The molecule has 3 heteroatoms. The molecule has 0 radical (unpaired) electrons. The molecule has 1 heterocycles. The maximum absolute atomic E-state index is 4.47. The molecule has 106 valence electrons. The number of allylic oxidation sites excluding steroid dienone is 1. The van der Waals surface area contributed by atoms with Crippen molar-refractivity contribution >= 4 is 0 Å². The van der Waals surface area contributed by atoms with Gasteiger partial charge < -0.3 is 5.32 Å². The highest BCUT2D eigenvalue weighted by molar-refractivity contribution is 5.31. The molecule has 0 spiro atoms. The maximum atomic E-state index is 4.47. The van der Waals surface area contributed by atoms with E-state index in [1.807, 2.05) is 35.2 Å². The van der Waals surface area contributed by atoms with Crippen molar-refractivity contribution in [3.8, 4) is 5.69 Å². The van der Waals surface area contributed by atoms with Crippen molar-refractivity contribution in [2.24, 2.45) is 0 Å². The number of unbranched alkanes of at least 4 members (excludes halogenated alkanes) is 1. The molecule has 0 aliphatic heterocycles. The van der Waals surface area contributed by atoms with E-state index in [2.05, 4.69) is 42.2 Å². The van der Waals surface area contributed by atoms with Gasteiger partial charge in [-0.05, 0) is 37.9 Å². The van der Waals surface area contributed by atoms with E-state index < -0.39 is 0 Å². The average Bonchev–Trinajstić information content (AvgIpc) is 2.97. The highest BCUT2D eigenvalue weighted by Crippen LogP contribution is 2.20. The number of hydrogen-bond acceptors (Lipinski definition) is 2. The van der Waals surface area contributed by atoms with Crippen LogP contribution in [0, 0.1) is 0 Å². The summed E-state index contributed by atoms with van der Waals surface area (Å²) in [5.74, 6) is 0. The standard InChI is InChI=1S/C17H23N3/c1-3-5-7-12-17(18-4-2)15-13-19-20(14-15)16-10-8-6-9-11-16/h3,6,8-11,13-14,17-18H,1,4-5,7,12H2,2H3. The smallest absolute Gasteiger partial charge is 0.0645 e. The zero-order valence-corrected chi connectivity index (χ0v) is 12.1. The van der Waals surface area contributed by atoms with E-state index >= 15 is 0 Å². The van der Waals surface area contributed by atoms with Crippen LogP contribution in [0.15, 0.2) is 55.4 Å². The van der Waals surface area contributed by atoms with Crippen molar-refractivity contribution in [1.29, 1.82) is 0 Å². The van der Waals surface area contributed by atoms with E-state index in [0.29, 0.717) is 6.04 Å². The Kier molecular flexibility index (Phi) is 5.56. The Balaban J connectivity index is 2.10. The summed E-state index contributed by atoms with van der Waals surface area (Å²) in [4.78, 5) is 0. The average molecular weight is 269 g/mol. The zero-order chi connectivity index (χ0) is 14.2. The topological polar surface area (TPSA) is 29.9 Å². The molecule has 0 saturated heterocycles. The number of benzene rings is 1. The molecule has 0 bridgehead atoms. The zero-order valence-electron chi connectivity index (χ0n) is 12.1. The van der Waals surface area contributed by atoms with Crippen molar-refractivity contribution in [3.05, 3.63) is 60.9 Å². The number of hydrogen-bond donors (Lipinski definition) is 1. The Morgan fingerprint density at radius 1 is 1.35 bits per heavy atom. The Morgan fingerprint density at radius 2 is 2.15 bits per heavy atom. The first kappa shape index (κ1) is 14.5. The number of aromatic nitrogens is 2. The summed E-state index contributed by atoms with van der Waals surface area (Å²) >= 11 is 0. The van der Waals surface area contributed by atoms with Crippen LogP contribution in [0.25, 0.3) is 5.69 Å². The minimum absolute atomic E-state index is 0.373. The minimum atomic E-state index is 0.373. The SMILES string of the molecule is C=CCCCC(NCC)c1cnn(-c2ccccc2)c1. The number of rotatable bonds is 8. The van der Waals surface area contributed by atoms with Crippen LogP contribution in [-0.4, -0.2) is 16.3 Å². The van der Waals surface area contributed by atoms with Crippen molar-refractivity contribution in [2.45, 2.75) is 32.2 Å². The molecule has 1 atom stereocenters. The van der Waals surface area contributed by atoms with Gasteiger partial charge in [0, 0.05) is 17.8 Å². The van der Waals surface area contributed by atoms with Crippen LogP contribution in [0.2, 0.25) is 0 Å². The molecule has 0 aliphatic rings. The van der Waals surface area contributed by atoms with Gasteiger partial charge in [0.2, 0.25) is 0 Å². The molecular weight excluding hydrogens is 246 g/mol. The molecule has 1 aromatic heterocycles. The summed E-state index contributed by atoms with van der Waals surface area (Å²) in [7, 11) is 0. The first-order valence-corrected chi connectivity index (χ1v) is 7.29. The third-order valence-electron chi connectivity index (χ3n) is 3.38. The van der Waals surface area contributed by atoms with E-state index in [-0.39, 0.29) is 0 Å². The highest BCUT2D eigenvalue weighted by atomic mass is 15.3. The highest BCUT2D eigenvalue weighted by Gasteiger charge is 2.12. The molecule has 20 heavy (non-hydrogen) atoms. The monoisotopic (exact) mass is 269 g/mol. The molecule has 2 aromatic rings. The van der Waals surface area contributed by atoms with Gasteiger partial charge in [0.25, 0.3) is 0 Å². The lowest BCUT2D eigenvalue weighted by molar-refractivity contribution is 0.500. The molecule has 0 amide bonds. The predicted molar refractivity (Wildman–Crippen MR) is 84.0 cm³/mol. The van der Waals surface area contributed by atoms with E-state index in [0.717, 1.165) is 31.5 Å². The largest absolute Gasteiger partial charge is 0.310 e. The number of para-hydroxylation sites is 1. The van der Waals surface area contributed by atoms with Gasteiger partial charge in [-0.15, -0.1) is 6.58 Å². The van der Waals surface area contributed by atoms with Gasteiger partial charge in [-0.1, -0.05) is 31.2 Å². The quantitative estimate of drug-likeness (QED) is 0.582. The molecule has 1 N–H and O–H groups in total. The molecule has 2 rings (SSSR count). The van der Waals surface area contributed by atoms with Gasteiger partial charge >= 0.3 is 0 Å². The lowest BCUT2D eigenvalue weighted by Gasteiger charge is -2.15. The van der Waals surface area contributed by atoms with Crippen LogP contribution in [0.3, 0.4) is 0 Å². The summed E-state index contributed by atoms with van der Waals surface area (Å²) < 4.78 is 1.94. The van der Waals surface area contributed by atoms with Gasteiger partial charge in [0.05, 0.1) is 11.9 Å². The first-order valence-electron chi connectivity index (χ1n) is 7.29. The van der Waals surface area contributed by atoms with Crippen LogP contribution in [0.4, 0.5) is 0 Å². The summed E-state index contributed by atoms with van der Waals surface area (Å²) in [6, 6.07) is 10.6. The third kappa shape index (κ3) is 3.81. The fourth-order valence-electron chi connectivity index (χ4n) is 2.34. The van der Waals surface area contributed by atoms with Crippen molar-refractivity contribution in [1.82, 2.24) is 15.1 Å². The summed E-state index contributed by atoms with van der Waals surface area (Å²) in [6.45, 7) is 6.89. The van der Waals surface area contributed by atoms with Gasteiger partial charge in [0.15, 0.2) is 0 Å². The fourth-order valence-corrected chi connectivity index (χ4v) is 2.34. The maximum Gasteiger partial charge on any atom is 0.0645 e. The van der Waals surface area contributed by atoms with Gasteiger partial charge in [0.1, 0.15) is 0 Å². The van der Waals surface area contributed by atoms with Crippen LogP contribution >= 0.6 is 0 Å². The molecular formula is C17H23N3. The summed E-state index contributed by atoms with van der Waals surface area (Å²) in [5.41, 5.74) is 2.35. The van der Waals surface area contributed by atoms with E-state index in [4.69, 9.17) is 0 Å². The second kappa shape index (κ2) is 7.65. The van der Waals surface area contributed by atoms with Crippen molar-refractivity contribution < 1.29 is 0 Å². The van der Waals surface area contributed by atoms with E-state index in [1.165, 1.54) is 5.56 Å². The predicted octanol–water partition coefficient (Wildman–Crippen LogP) is 3.88. The van der Waals surface area contributed by atoms with Crippen LogP contribution in [0.5, 0.6) is 0 Å². The van der Waals surface area contributed by atoms with E-state index in [1.54, 1.807) is 0 Å². The second-order valence-corrected chi connectivity index (χ2v) is 4.88. The Hall–Kier alpha value is -1.87. The number of nitrogens with one attached hydrogen (secondary N) is 1. The lowest BCUT2D eigenvalue weighted by Crippen LogP contribution is -2.20. The second-order valence-electron chi connectivity index (χ2n) is 4.88. The molecule has 0 aliphatic carbocycles. The normalized spacial score (nSPS) is 12.2.